The van der Waals surface area contributed by atoms with Gasteiger partial charge in [0, 0.05) is 5.56 Å². The van der Waals surface area contributed by atoms with E-state index in [2.05, 4.69) is 11.8 Å². The van der Waals surface area contributed by atoms with Crippen molar-refractivity contribution in [3.8, 4) is 11.8 Å². The fourth-order valence-electron chi connectivity index (χ4n) is 5.73. The Bertz CT molecular complexity index is 1750. The largest absolute Gasteiger partial charge is 0.374 e. The standard InChI is InChI=1S/C43H40O6/c44-38(27-26-33-16-6-1-7-17-33)40-42(47-30-36-22-12-4-13-23-36)43(48-31-37-24-14-5-15-25-37)41(46-29-35-20-10-3-11-21-35)39(49-40)32-45-28-34-18-8-2-9-19-34/h1-25,39-43H,28-32H2/t39?,40-,41+,42?,43?/m0/s1. The van der Waals surface area contributed by atoms with Gasteiger partial charge in [0.1, 0.15) is 24.4 Å². The van der Waals surface area contributed by atoms with E-state index in [9.17, 15) is 4.79 Å². The third-order valence-corrected chi connectivity index (χ3v) is 8.25. The van der Waals surface area contributed by atoms with Gasteiger partial charge in [0.25, 0.3) is 0 Å². The zero-order valence-electron chi connectivity index (χ0n) is 27.3. The highest BCUT2D eigenvalue weighted by atomic mass is 16.6. The van der Waals surface area contributed by atoms with E-state index in [1.54, 1.807) is 0 Å². The second-order valence-electron chi connectivity index (χ2n) is 11.9. The lowest BCUT2D eigenvalue weighted by Gasteiger charge is -2.45. The predicted octanol–water partition coefficient (Wildman–Crippen LogP) is 7.35. The number of Topliss-reactive ketones (excluding diaryl/α,β-unsaturated/α-hetero) is 1. The highest BCUT2D eigenvalue weighted by Gasteiger charge is 2.50. The van der Waals surface area contributed by atoms with E-state index in [1.165, 1.54) is 0 Å². The van der Waals surface area contributed by atoms with Gasteiger partial charge >= 0.3 is 0 Å². The lowest BCUT2D eigenvalue weighted by atomic mass is 9.92. The lowest BCUT2D eigenvalue weighted by molar-refractivity contribution is -0.266. The summed E-state index contributed by atoms with van der Waals surface area (Å²) >= 11 is 0. The first-order valence-electron chi connectivity index (χ1n) is 16.6. The molecule has 49 heavy (non-hydrogen) atoms. The van der Waals surface area contributed by atoms with Crippen LogP contribution in [0.15, 0.2) is 152 Å². The molecule has 6 heteroatoms. The molecule has 0 saturated carbocycles. The van der Waals surface area contributed by atoms with Crippen LogP contribution in [0.5, 0.6) is 0 Å². The van der Waals surface area contributed by atoms with E-state index < -0.39 is 36.3 Å². The van der Waals surface area contributed by atoms with Crippen LogP contribution in [-0.2, 0) is 54.9 Å². The number of carbonyl (C=O) groups is 1. The van der Waals surface area contributed by atoms with Crippen LogP contribution in [0.2, 0.25) is 0 Å². The summed E-state index contributed by atoms with van der Waals surface area (Å²) in [4.78, 5) is 14.0. The van der Waals surface area contributed by atoms with Crippen LogP contribution in [0.3, 0.4) is 0 Å². The fraction of sp³-hybridized carbons (Fsp3) is 0.233. The van der Waals surface area contributed by atoms with Crippen molar-refractivity contribution in [2.24, 2.45) is 0 Å². The molecule has 0 radical (unpaired) electrons. The minimum Gasteiger partial charge on any atom is -0.374 e. The van der Waals surface area contributed by atoms with Gasteiger partial charge in [0.2, 0.25) is 5.78 Å². The first-order valence-corrected chi connectivity index (χ1v) is 16.6. The van der Waals surface area contributed by atoms with Crippen LogP contribution in [0, 0.1) is 11.8 Å². The van der Waals surface area contributed by atoms with Crippen molar-refractivity contribution >= 4 is 5.78 Å². The van der Waals surface area contributed by atoms with E-state index in [-0.39, 0.29) is 19.8 Å². The Kier molecular flexibility index (Phi) is 12.5. The summed E-state index contributed by atoms with van der Waals surface area (Å²) in [5.74, 6) is 5.44. The maximum atomic E-state index is 14.0. The topological polar surface area (TPSA) is 63.2 Å². The molecule has 248 valence electrons. The van der Waals surface area contributed by atoms with Gasteiger partial charge in [-0.1, -0.05) is 145 Å². The van der Waals surface area contributed by atoms with Crippen molar-refractivity contribution < 1.29 is 28.5 Å². The zero-order chi connectivity index (χ0) is 33.5. The Labute approximate surface area is 288 Å². The van der Waals surface area contributed by atoms with Gasteiger partial charge < -0.3 is 23.7 Å². The van der Waals surface area contributed by atoms with E-state index >= 15 is 0 Å². The SMILES string of the molecule is O=C(C#Cc1ccccc1)[C@@H]1OC(COCc2ccccc2)[C@@H](OCc2ccccc2)C(OCc2ccccc2)C1OCc1ccccc1. The molecular formula is C43H40O6. The number of benzene rings is 5. The second kappa shape index (κ2) is 18.0. The Morgan fingerprint density at radius 2 is 0.918 bits per heavy atom. The summed E-state index contributed by atoms with van der Waals surface area (Å²) in [6.07, 6.45) is -3.86. The fourth-order valence-corrected chi connectivity index (χ4v) is 5.73. The normalized spacial score (nSPS) is 20.2. The molecule has 0 aromatic heterocycles. The van der Waals surface area contributed by atoms with Crippen LogP contribution in [0.1, 0.15) is 27.8 Å². The van der Waals surface area contributed by atoms with Crippen molar-refractivity contribution in [2.45, 2.75) is 56.9 Å². The summed E-state index contributed by atoms with van der Waals surface area (Å²) in [5, 5.41) is 0. The first-order chi connectivity index (χ1) is 24.2. The summed E-state index contributed by atoms with van der Waals surface area (Å²) < 4.78 is 32.9. The molecule has 3 unspecified atom stereocenters. The number of hydrogen-bond acceptors (Lipinski definition) is 6. The van der Waals surface area contributed by atoms with Crippen molar-refractivity contribution in [3.63, 3.8) is 0 Å². The number of carbonyl (C=O) groups excluding carboxylic acids is 1. The van der Waals surface area contributed by atoms with Crippen molar-refractivity contribution in [1.82, 2.24) is 0 Å². The van der Waals surface area contributed by atoms with Crippen LogP contribution in [0.25, 0.3) is 0 Å². The average molecular weight is 653 g/mol. The predicted molar refractivity (Wildman–Crippen MR) is 188 cm³/mol. The first kappa shape index (κ1) is 34.0. The Morgan fingerprint density at radius 3 is 1.41 bits per heavy atom. The van der Waals surface area contributed by atoms with Crippen LogP contribution >= 0.6 is 0 Å². The third kappa shape index (κ3) is 10.1. The molecule has 0 bridgehead atoms. The molecule has 1 fully saturated rings. The van der Waals surface area contributed by atoms with Gasteiger partial charge in [-0.25, -0.2) is 0 Å². The molecule has 5 aromatic carbocycles. The smallest absolute Gasteiger partial charge is 0.237 e. The number of rotatable bonds is 14. The zero-order valence-corrected chi connectivity index (χ0v) is 27.3. The molecule has 6 nitrogen and oxygen atoms in total. The van der Waals surface area contributed by atoms with Gasteiger partial charge in [0.15, 0.2) is 6.10 Å². The molecule has 0 amide bonds. The van der Waals surface area contributed by atoms with Crippen molar-refractivity contribution in [1.29, 1.82) is 0 Å². The van der Waals surface area contributed by atoms with Crippen molar-refractivity contribution in [2.75, 3.05) is 6.61 Å². The number of ether oxygens (including phenoxy) is 5. The van der Waals surface area contributed by atoms with E-state index in [0.29, 0.717) is 13.2 Å². The number of hydrogen-bond donors (Lipinski definition) is 0. The van der Waals surface area contributed by atoms with E-state index in [4.69, 9.17) is 23.7 Å². The summed E-state index contributed by atoms with van der Waals surface area (Å²) in [6.45, 7) is 1.39. The molecule has 5 aromatic rings. The van der Waals surface area contributed by atoms with E-state index in [1.807, 2.05) is 152 Å². The molecule has 1 heterocycles. The second-order valence-corrected chi connectivity index (χ2v) is 11.9. The quantitative estimate of drug-likeness (QED) is 0.117. The molecule has 1 aliphatic heterocycles. The molecule has 5 atom stereocenters. The van der Waals surface area contributed by atoms with Gasteiger partial charge in [-0.2, -0.15) is 0 Å². The molecule has 0 N–H and O–H groups in total. The van der Waals surface area contributed by atoms with Crippen LogP contribution in [-0.4, -0.2) is 42.9 Å². The Balaban J connectivity index is 1.34. The lowest BCUT2D eigenvalue weighted by Crippen LogP contribution is -2.63. The van der Waals surface area contributed by atoms with Gasteiger partial charge in [-0.05, 0) is 40.3 Å². The van der Waals surface area contributed by atoms with Crippen LogP contribution < -0.4 is 0 Å². The Morgan fingerprint density at radius 1 is 0.510 bits per heavy atom. The molecule has 1 aliphatic rings. The van der Waals surface area contributed by atoms with Gasteiger partial charge in [-0.3, -0.25) is 4.79 Å². The average Bonchev–Trinajstić information content (AvgIpc) is 3.17. The minimum atomic E-state index is -1.05. The minimum absolute atomic E-state index is 0.168. The number of ketones is 1. The maximum Gasteiger partial charge on any atom is 0.237 e. The molecule has 0 spiro atoms. The maximum absolute atomic E-state index is 14.0. The van der Waals surface area contributed by atoms with Crippen LogP contribution in [0.4, 0.5) is 0 Å². The summed E-state index contributed by atoms with van der Waals surface area (Å²) in [6, 6.07) is 49.1. The highest BCUT2D eigenvalue weighted by Crippen LogP contribution is 2.31. The Hall–Kier alpha value is -4.87. The van der Waals surface area contributed by atoms with Gasteiger partial charge in [0.05, 0.1) is 33.0 Å². The monoisotopic (exact) mass is 652 g/mol. The third-order valence-electron chi connectivity index (χ3n) is 8.25. The molecule has 1 saturated heterocycles. The van der Waals surface area contributed by atoms with Gasteiger partial charge in [-0.15, -0.1) is 0 Å². The highest BCUT2D eigenvalue weighted by molar-refractivity contribution is 6.00. The molecule has 6 rings (SSSR count). The van der Waals surface area contributed by atoms with E-state index in [0.717, 1.165) is 27.8 Å². The van der Waals surface area contributed by atoms with Crippen molar-refractivity contribution in [3.05, 3.63) is 179 Å². The molecular weight excluding hydrogens is 612 g/mol. The summed E-state index contributed by atoms with van der Waals surface area (Å²) in [5.41, 5.74) is 4.71. The summed E-state index contributed by atoms with van der Waals surface area (Å²) in [7, 11) is 0. The molecule has 0 aliphatic carbocycles.